The summed E-state index contributed by atoms with van der Waals surface area (Å²) in [5.41, 5.74) is 0.128. The van der Waals surface area contributed by atoms with Crippen molar-refractivity contribution in [3.05, 3.63) is 64.7 Å². The van der Waals surface area contributed by atoms with E-state index in [0.717, 1.165) is 12.1 Å². The first-order chi connectivity index (χ1) is 12.0. The van der Waals surface area contributed by atoms with Gasteiger partial charge in [-0.1, -0.05) is 12.1 Å². The number of sulfonamides is 1. The third-order valence-corrected chi connectivity index (χ3v) is 5.19. The maximum Gasteiger partial charge on any atom is 0.416 e. The number of rotatable bonds is 5. The van der Waals surface area contributed by atoms with Crippen molar-refractivity contribution in [2.45, 2.75) is 24.5 Å². The van der Waals surface area contributed by atoms with Gasteiger partial charge in [-0.2, -0.15) is 13.2 Å². The van der Waals surface area contributed by atoms with Crippen molar-refractivity contribution >= 4 is 16.0 Å². The molecule has 0 aliphatic heterocycles. The van der Waals surface area contributed by atoms with Gasteiger partial charge in [-0.15, -0.1) is 0 Å². The zero-order valence-electron chi connectivity index (χ0n) is 13.9. The number of ether oxygens (including phenoxy) is 1. The summed E-state index contributed by atoms with van der Waals surface area (Å²) in [7, 11) is -2.68. The van der Waals surface area contributed by atoms with Crippen LogP contribution in [-0.2, 0) is 27.5 Å². The summed E-state index contributed by atoms with van der Waals surface area (Å²) in [5.74, 6) is -0.588. The molecule has 2 rings (SSSR count). The second kappa shape index (κ2) is 7.46. The Kier molecular flexibility index (Phi) is 5.72. The van der Waals surface area contributed by atoms with Crippen LogP contribution in [0.5, 0.6) is 0 Å². The van der Waals surface area contributed by atoms with Gasteiger partial charge in [-0.05, 0) is 48.4 Å². The Morgan fingerprint density at radius 1 is 1.12 bits per heavy atom. The molecule has 0 bridgehead atoms. The summed E-state index contributed by atoms with van der Waals surface area (Å²) < 4.78 is 69.3. The van der Waals surface area contributed by atoms with Crippen molar-refractivity contribution in [2.24, 2.45) is 0 Å². The normalized spacial score (nSPS) is 12.0. The van der Waals surface area contributed by atoms with Gasteiger partial charge in [-0.3, -0.25) is 0 Å². The summed E-state index contributed by atoms with van der Waals surface area (Å²) in [6.45, 7) is 1.36. The Labute approximate surface area is 148 Å². The van der Waals surface area contributed by atoms with Crippen LogP contribution < -0.4 is 4.72 Å². The van der Waals surface area contributed by atoms with Crippen LogP contribution in [0, 0.1) is 6.92 Å². The molecule has 0 saturated heterocycles. The SMILES string of the molecule is COC(=O)c1ccc(S(=O)(=O)NCc2ccc(C(F)(F)F)cc2)c(C)c1. The smallest absolute Gasteiger partial charge is 0.416 e. The molecular weight excluding hydrogens is 371 g/mol. The average molecular weight is 387 g/mol. The van der Waals surface area contributed by atoms with Crippen LogP contribution in [0.3, 0.4) is 0 Å². The van der Waals surface area contributed by atoms with Crippen molar-refractivity contribution in [1.82, 2.24) is 4.72 Å². The van der Waals surface area contributed by atoms with Crippen LogP contribution in [0.25, 0.3) is 0 Å². The van der Waals surface area contributed by atoms with E-state index in [1.54, 1.807) is 0 Å². The maximum atomic E-state index is 12.5. The van der Waals surface area contributed by atoms with Crippen molar-refractivity contribution < 1.29 is 31.1 Å². The number of carbonyl (C=O) groups excluding carboxylic acids is 1. The largest absolute Gasteiger partial charge is 0.465 e. The molecule has 0 amide bonds. The molecule has 0 heterocycles. The van der Waals surface area contributed by atoms with Crippen LogP contribution in [0.1, 0.15) is 27.0 Å². The fourth-order valence-electron chi connectivity index (χ4n) is 2.26. The molecule has 9 heteroatoms. The minimum atomic E-state index is -4.45. The van der Waals surface area contributed by atoms with Crippen molar-refractivity contribution in [3.63, 3.8) is 0 Å². The summed E-state index contributed by atoms with van der Waals surface area (Å²) in [4.78, 5) is 11.4. The van der Waals surface area contributed by atoms with Crippen molar-refractivity contribution in [2.75, 3.05) is 7.11 Å². The zero-order valence-corrected chi connectivity index (χ0v) is 14.7. The van der Waals surface area contributed by atoms with Gasteiger partial charge in [0.2, 0.25) is 10.0 Å². The second-order valence-electron chi connectivity index (χ2n) is 5.49. The first kappa shape index (κ1) is 19.9. The fourth-order valence-corrected chi connectivity index (χ4v) is 3.51. The van der Waals surface area contributed by atoms with Crippen LogP contribution >= 0.6 is 0 Å². The van der Waals surface area contributed by atoms with E-state index in [9.17, 15) is 26.4 Å². The molecule has 0 radical (unpaired) electrons. The number of alkyl halides is 3. The number of hydrogen-bond acceptors (Lipinski definition) is 4. The Bertz CT molecular complexity index is 907. The van der Waals surface area contributed by atoms with Gasteiger partial charge in [0.05, 0.1) is 23.1 Å². The zero-order chi connectivity index (χ0) is 19.5. The van der Waals surface area contributed by atoms with E-state index in [1.807, 2.05) is 0 Å². The third-order valence-electron chi connectivity index (χ3n) is 3.63. The Morgan fingerprint density at radius 2 is 1.73 bits per heavy atom. The van der Waals surface area contributed by atoms with Gasteiger partial charge in [0.1, 0.15) is 0 Å². The second-order valence-corrected chi connectivity index (χ2v) is 7.23. The topological polar surface area (TPSA) is 72.5 Å². The van der Waals surface area contributed by atoms with E-state index in [0.29, 0.717) is 11.1 Å². The van der Waals surface area contributed by atoms with Gasteiger partial charge >= 0.3 is 12.1 Å². The van der Waals surface area contributed by atoms with Gasteiger partial charge < -0.3 is 4.74 Å². The number of esters is 1. The molecule has 140 valence electrons. The van der Waals surface area contributed by atoms with E-state index < -0.39 is 27.7 Å². The number of aryl methyl sites for hydroxylation is 1. The van der Waals surface area contributed by atoms with Crippen LogP contribution in [0.15, 0.2) is 47.4 Å². The van der Waals surface area contributed by atoms with E-state index >= 15 is 0 Å². The Hall–Kier alpha value is -2.39. The molecule has 0 atom stereocenters. The van der Waals surface area contributed by atoms with E-state index in [-0.39, 0.29) is 17.0 Å². The first-order valence-electron chi connectivity index (χ1n) is 7.39. The van der Waals surface area contributed by atoms with E-state index in [4.69, 9.17) is 0 Å². The molecule has 1 N–H and O–H groups in total. The number of methoxy groups -OCH3 is 1. The van der Waals surface area contributed by atoms with Gasteiger partial charge in [-0.25, -0.2) is 17.9 Å². The number of carbonyl (C=O) groups is 1. The summed E-state index contributed by atoms with van der Waals surface area (Å²) in [6, 6.07) is 8.18. The van der Waals surface area contributed by atoms with E-state index in [1.165, 1.54) is 44.4 Å². The molecule has 0 unspecified atom stereocenters. The van der Waals surface area contributed by atoms with Gasteiger partial charge in [0.15, 0.2) is 0 Å². The van der Waals surface area contributed by atoms with Gasteiger partial charge in [0.25, 0.3) is 0 Å². The number of hydrogen-bond donors (Lipinski definition) is 1. The highest BCUT2D eigenvalue weighted by Crippen LogP contribution is 2.29. The van der Waals surface area contributed by atoms with Crippen LogP contribution in [0.4, 0.5) is 13.2 Å². The fraction of sp³-hybridized carbons (Fsp3) is 0.235. The third kappa shape index (κ3) is 4.61. The number of benzene rings is 2. The molecule has 0 spiro atoms. The summed E-state index contributed by atoms with van der Waals surface area (Å²) in [5, 5.41) is 0. The molecule has 2 aromatic carbocycles. The summed E-state index contributed by atoms with van der Waals surface area (Å²) >= 11 is 0. The lowest BCUT2D eigenvalue weighted by Gasteiger charge is -2.11. The number of nitrogens with one attached hydrogen (secondary N) is 1. The minimum Gasteiger partial charge on any atom is -0.465 e. The maximum absolute atomic E-state index is 12.5. The molecule has 2 aromatic rings. The Morgan fingerprint density at radius 3 is 2.23 bits per heavy atom. The highest BCUT2D eigenvalue weighted by molar-refractivity contribution is 7.89. The quantitative estimate of drug-likeness (QED) is 0.800. The molecule has 0 fully saturated rings. The van der Waals surface area contributed by atoms with Crippen LogP contribution in [-0.4, -0.2) is 21.5 Å². The van der Waals surface area contributed by atoms with Crippen molar-refractivity contribution in [1.29, 1.82) is 0 Å². The Balaban J connectivity index is 2.15. The lowest BCUT2D eigenvalue weighted by atomic mass is 10.1. The standard InChI is InChI=1S/C17H16F3NO4S/c1-11-9-13(16(22)25-2)5-8-15(11)26(23,24)21-10-12-3-6-14(7-4-12)17(18,19)20/h3-9,21H,10H2,1-2H3. The van der Waals surface area contributed by atoms with E-state index in [2.05, 4.69) is 9.46 Å². The highest BCUT2D eigenvalue weighted by atomic mass is 32.2. The minimum absolute atomic E-state index is 0.0305. The predicted molar refractivity (Wildman–Crippen MR) is 88.0 cm³/mol. The first-order valence-corrected chi connectivity index (χ1v) is 8.87. The molecule has 0 aliphatic carbocycles. The molecule has 26 heavy (non-hydrogen) atoms. The lowest BCUT2D eigenvalue weighted by molar-refractivity contribution is -0.137. The van der Waals surface area contributed by atoms with Crippen molar-refractivity contribution in [3.8, 4) is 0 Å². The monoisotopic (exact) mass is 387 g/mol. The summed E-state index contributed by atoms with van der Waals surface area (Å²) in [6.07, 6.45) is -4.45. The van der Waals surface area contributed by atoms with Crippen LogP contribution in [0.2, 0.25) is 0 Å². The average Bonchev–Trinajstić information content (AvgIpc) is 2.58. The molecule has 0 aromatic heterocycles. The molecular formula is C17H16F3NO4S. The molecule has 0 saturated carbocycles. The molecule has 5 nitrogen and oxygen atoms in total. The highest BCUT2D eigenvalue weighted by Gasteiger charge is 2.30. The molecule has 0 aliphatic rings. The lowest BCUT2D eigenvalue weighted by Crippen LogP contribution is -2.24. The predicted octanol–water partition coefficient (Wildman–Crippen LogP) is 3.28. The number of halogens is 3. The van der Waals surface area contributed by atoms with Gasteiger partial charge in [0, 0.05) is 6.54 Å².